The van der Waals surface area contributed by atoms with E-state index >= 15 is 0 Å². The Labute approximate surface area is 127 Å². The number of carbonyl (C=O) groups excluding carboxylic acids is 1. The maximum atomic E-state index is 12.3. The highest BCUT2D eigenvalue weighted by atomic mass is 32.1. The number of rotatable bonds is 9. The van der Waals surface area contributed by atoms with Gasteiger partial charge in [-0.2, -0.15) is 0 Å². The number of hydrogen-bond donors (Lipinski definition) is 1. The number of carbonyl (C=O) groups is 1. The molecule has 1 rings (SSSR count). The van der Waals surface area contributed by atoms with E-state index in [2.05, 4.69) is 25.3 Å². The molecule has 0 saturated heterocycles. The van der Waals surface area contributed by atoms with Crippen LogP contribution in [0.15, 0.2) is 17.5 Å². The van der Waals surface area contributed by atoms with Crippen LogP contribution in [-0.2, 0) is 4.79 Å². The number of nitrogens with zero attached hydrogens (tertiary/aromatic N) is 1. The quantitative estimate of drug-likeness (QED) is 0.753. The number of nitrogens with two attached hydrogens (primary N) is 1. The monoisotopic (exact) mass is 296 g/mol. The standard InChI is InChI=1S/C16H28N2OS/c1-4-6-14(10-11-17)8-9-16(19)18(3)13(2)15-7-5-12-20-15/h5,7,12-14H,4,6,8-11,17H2,1-3H3. The van der Waals surface area contributed by atoms with Gasteiger partial charge in [0.1, 0.15) is 0 Å². The maximum absolute atomic E-state index is 12.3. The Morgan fingerprint density at radius 2 is 2.15 bits per heavy atom. The van der Waals surface area contributed by atoms with Gasteiger partial charge in [0, 0.05) is 18.3 Å². The first-order valence-corrected chi connectivity index (χ1v) is 8.47. The normalized spacial score (nSPS) is 14.0. The second kappa shape index (κ2) is 9.14. The highest BCUT2D eigenvalue weighted by Crippen LogP contribution is 2.25. The van der Waals surface area contributed by atoms with Gasteiger partial charge < -0.3 is 10.6 Å². The van der Waals surface area contributed by atoms with E-state index in [1.54, 1.807) is 11.3 Å². The molecule has 2 N–H and O–H groups in total. The van der Waals surface area contributed by atoms with Crippen LogP contribution >= 0.6 is 11.3 Å². The molecule has 20 heavy (non-hydrogen) atoms. The summed E-state index contributed by atoms with van der Waals surface area (Å²) in [4.78, 5) is 15.4. The van der Waals surface area contributed by atoms with E-state index in [1.807, 2.05) is 18.0 Å². The van der Waals surface area contributed by atoms with Crippen LogP contribution in [0.4, 0.5) is 0 Å². The first-order valence-electron chi connectivity index (χ1n) is 7.59. The molecule has 2 unspecified atom stereocenters. The molecule has 1 aromatic rings. The second-order valence-electron chi connectivity index (χ2n) is 5.47. The van der Waals surface area contributed by atoms with Crippen molar-refractivity contribution in [3.8, 4) is 0 Å². The lowest BCUT2D eigenvalue weighted by Gasteiger charge is -2.25. The number of amides is 1. The van der Waals surface area contributed by atoms with Crippen molar-refractivity contribution >= 4 is 17.2 Å². The fourth-order valence-electron chi connectivity index (χ4n) is 2.52. The van der Waals surface area contributed by atoms with Crippen molar-refractivity contribution in [2.24, 2.45) is 11.7 Å². The average molecular weight is 296 g/mol. The van der Waals surface area contributed by atoms with E-state index < -0.39 is 0 Å². The third kappa shape index (κ3) is 5.25. The molecule has 0 spiro atoms. The van der Waals surface area contributed by atoms with E-state index in [0.717, 1.165) is 19.4 Å². The zero-order chi connectivity index (χ0) is 15.0. The molecule has 0 saturated carbocycles. The molecule has 1 aromatic heterocycles. The molecule has 114 valence electrons. The highest BCUT2D eigenvalue weighted by molar-refractivity contribution is 7.10. The smallest absolute Gasteiger partial charge is 0.222 e. The predicted molar refractivity (Wildman–Crippen MR) is 86.8 cm³/mol. The van der Waals surface area contributed by atoms with Crippen LogP contribution in [0.1, 0.15) is 56.9 Å². The largest absolute Gasteiger partial charge is 0.338 e. The van der Waals surface area contributed by atoms with Crippen LogP contribution in [0.5, 0.6) is 0 Å². The van der Waals surface area contributed by atoms with Gasteiger partial charge in [0.15, 0.2) is 0 Å². The third-order valence-corrected chi connectivity index (χ3v) is 5.01. The van der Waals surface area contributed by atoms with Crippen molar-refractivity contribution in [2.75, 3.05) is 13.6 Å². The van der Waals surface area contributed by atoms with Crippen molar-refractivity contribution in [3.63, 3.8) is 0 Å². The number of hydrogen-bond acceptors (Lipinski definition) is 3. The second-order valence-corrected chi connectivity index (χ2v) is 6.45. The van der Waals surface area contributed by atoms with Gasteiger partial charge in [0.25, 0.3) is 0 Å². The Balaban J connectivity index is 2.44. The van der Waals surface area contributed by atoms with E-state index in [1.165, 1.54) is 17.7 Å². The van der Waals surface area contributed by atoms with E-state index in [9.17, 15) is 4.79 Å². The lowest BCUT2D eigenvalue weighted by atomic mass is 9.94. The summed E-state index contributed by atoms with van der Waals surface area (Å²) >= 11 is 1.71. The van der Waals surface area contributed by atoms with Crippen LogP contribution in [-0.4, -0.2) is 24.4 Å². The minimum absolute atomic E-state index is 0.168. The minimum Gasteiger partial charge on any atom is -0.338 e. The van der Waals surface area contributed by atoms with Crippen molar-refractivity contribution in [1.29, 1.82) is 0 Å². The van der Waals surface area contributed by atoms with Crippen molar-refractivity contribution < 1.29 is 4.79 Å². The maximum Gasteiger partial charge on any atom is 0.222 e. The van der Waals surface area contributed by atoms with Crippen molar-refractivity contribution in [3.05, 3.63) is 22.4 Å². The Hall–Kier alpha value is -0.870. The van der Waals surface area contributed by atoms with Crippen LogP contribution < -0.4 is 5.73 Å². The molecular formula is C16H28N2OS. The summed E-state index contributed by atoms with van der Waals surface area (Å²) in [6.45, 7) is 5.00. The number of thiophene rings is 1. The Morgan fingerprint density at radius 1 is 1.40 bits per heavy atom. The molecule has 0 radical (unpaired) electrons. The summed E-state index contributed by atoms with van der Waals surface area (Å²) in [5, 5.41) is 2.06. The average Bonchev–Trinajstić information content (AvgIpc) is 2.97. The Kier molecular flexibility index (Phi) is 7.85. The Bertz CT molecular complexity index is 372. The van der Waals surface area contributed by atoms with Crippen molar-refractivity contribution in [1.82, 2.24) is 4.90 Å². The Morgan fingerprint density at radius 3 is 2.70 bits per heavy atom. The molecule has 4 heteroatoms. The molecule has 0 aliphatic carbocycles. The van der Waals surface area contributed by atoms with Crippen LogP contribution in [0.3, 0.4) is 0 Å². The lowest BCUT2D eigenvalue weighted by Crippen LogP contribution is -2.29. The molecule has 1 heterocycles. The first-order chi connectivity index (χ1) is 9.60. The summed E-state index contributed by atoms with van der Waals surface area (Å²) in [6.07, 6.45) is 4.97. The summed E-state index contributed by atoms with van der Waals surface area (Å²) in [7, 11) is 1.91. The summed E-state index contributed by atoms with van der Waals surface area (Å²) in [5.41, 5.74) is 5.64. The highest BCUT2D eigenvalue weighted by Gasteiger charge is 2.19. The third-order valence-electron chi connectivity index (χ3n) is 3.97. The molecule has 2 atom stereocenters. The summed E-state index contributed by atoms with van der Waals surface area (Å²) in [5.74, 6) is 0.836. The van der Waals surface area contributed by atoms with E-state index in [-0.39, 0.29) is 11.9 Å². The van der Waals surface area contributed by atoms with Gasteiger partial charge in [-0.25, -0.2) is 0 Å². The van der Waals surface area contributed by atoms with Crippen LogP contribution in [0.25, 0.3) is 0 Å². The molecule has 0 aliphatic rings. The predicted octanol–water partition coefficient (Wildman–Crippen LogP) is 3.81. The summed E-state index contributed by atoms with van der Waals surface area (Å²) < 4.78 is 0. The molecule has 0 fully saturated rings. The SMILES string of the molecule is CCCC(CCN)CCC(=O)N(C)C(C)c1cccs1. The van der Waals surface area contributed by atoms with Crippen LogP contribution in [0.2, 0.25) is 0 Å². The fraction of sp³-hybridized carbons (Fsp3) is 0.688. The van der Waals surface area contributed by atoms with E-state index in [4.69, 9.17) is 5.73 Å². The van der Waals surface area contributed by atoms with Gasteiger partial charge in [-0.15, -0.1) is 11.3 Å². The first kappa shape index (κ1) is 17.2. The molecule has 3 nitrogen and oxygen atoms in total. The van der Waals surface area contributed by atoms with E-state index in [0.29, 0.717) is 12.3 Å². The van der Waals surface area contributed by atoms with Crippen molar-refractivity contribution in [2.45, 2.75) is 52.0 Å². The molecule has 1 amide bonds. The van der Waals surface area contributed by atoms with Gasteiger partial charge in [-0.1, -0.05) is 25.8 Å². The van der Waals surface area contributed by atoms with Gasteiger partial charge in [0.2, 0.25) is 5.91 Å². The zero-order valence-electron chi connectivity index (χ0n) is 13.0. The lowest BCUT2D eigenvalue weighted by molar-refractivity contribution is -0.132. The molecule has 0 aliphatic heterocycles. The molecule has 0 aromatic carbocycles. The van der Waals surface area contributed by atoms with Crippen LogP contribution in [0, 0.1) is 5.92 Å². The van der Waals surface area contributed by atoms with Gasteiger partial charge in [-0.3, -0.25) is 4.79 Å². The summed E-state index contributed by atoms with van der Waals surface area (Å²) in [6, 6.07) is 4.29. The van der Waals surface area contributed by atoms with Gasteiger partial charge in [-0.05, 0) is 43.7 Å². The fourth-order valence-corrected chi connectivity index (χ4v) is 3.34. The minimum atomic E-state index is 0.168. The van der Waals surface area contributed by atoms with Gasteiger partial charge >= 0.3 is 0 Å². The molecule has 0 bridgehead atoms. The zero-order valence-corrected chi connectivity index (χ0v) is 13.8. The topological polar surface area (TPSA) is 46.3 Å². The van der Waals surface area contributed by atoms with Gasteiger partial charge in [0.05, 0.1) is 6.04 Å². The molecular weight excluding hydrogens is 268 g/mol.